The van der Waals surface area contributed by atoms with Crippen molar-refractivity contribution in [2.24, 2.45) is 0 Å². The lowest BCUT2D eigenvalue weighted by Gasteiger charge is -2.02. The van der Waals surface area contributed by atoms with E-state index in [1.165, 1.54) is 22.7 Å². The summed E-state index contributed by atoms with van der Waals surface area (Å²) >= 11 is 2.75. The number of nitrogen functional groups attached to an aromatic ring is 2. The molecule has 0 aliphatic heterocycles. The van der Waals surface area contributed by atoms with E-state index in [2.05, 4.69) is 31.0 Å². The molecular weight excluding hydrogens is 496 g/mol. The van der Waals surface area contributed by atoms with Crippen LogP contribution in [0.1, 0.15) is 34.0 Å². The summed E-state index contributed by atoms with van der Waals surface area (Å²) < 4.78 is 0. The van der Waals surface area contributed by atoms with E-state index in [9.17, 15) is 9.59 Å². The number of carbonyl (C=O) groups is 2. The number of anilines is 4. The third kappa shape index (κ3) is 7.82. The predicted molar refractivity (Wildman–Crippen MR) is 143 cm³/mol. The first-order valence-corrected chi connectivity index (χ1v) is 13.0. The van der Waals surface area contributed by atoms with Crippen LogP contribution in [0.25, 0.3) is 0 Å². The van der Waals surface area contributed by atoms with Crippen molar-refractivity contribution < 1.29 is 9.59 Å². The molecule has 12 heteroatoms. The van der Waals surface area contributed by atoms with Gasteiger partial charge in [-0.1, -0.05) is 46.9 Å². The van der Waals surface area contributed by atoms with Gasteiger partial charge in [-0.2, -0.15) is 0 Å². The number of nitrogens with zero attached hydrogens (tertiary/aromatic N) is 4. The average molecular weight is 523 g/mol. The Balaban J connectivity index is 1.15. The number of nitrogens with two attached hydrogens (primary N) is 2. The molecule has 36 heavy (non-hydrogen) atoms. The number of rotatable bonds is 11. The van der Waals surface area contributed by atoms with Crippen molar-refractivity contribution in [3.63, 3.8) is 0 Å². The molecule has 10 nitrogen and oxygen atoms in total. The zero-order valence-corrected chi connectivity index (χ0v) is 21.1. The number of nitrogens with one attached hydrogen (secondary N) is 2. The van der Waals surface area contributed by atoms with E-state index >= 15 is 0 Å². The summed E-state index contributed by atoms with van der Waals surface area (Å²) in [6.45, 7) is 0. The smallest absolute Gasteiger partial charge is 0.230 e. The molecule has 0 spiro atoms. The van der Waals surface area contributed by atoms with Crippen LogP contribution in [0.4, 0.5) is 21.6 Å². The van der Waals surface area contributed by atoms with Gasteiger partial charge in [0, 0.05) is 24.2 Å². The second-order valence-electron chi connectivity index (χ2n) is 8.15. The third-order valence-corrected chi connectivity index (χ3v) is 6.89. The second kappa shape index (κ2) is 12.2. The van der Waals surface area contributed by atoms with Crippen molar-refractivity contribution in [3.05, 3.63) is 69.7 Å². The van der Waals surface area contributed by atoms with Gasteiger partial charge >= 0.3 is 0 Å². The van der Waals surface area contributed by atoms with E-state index in [1.54, 1.807) is 24.3 Å². The molecule has 2 amide bonds. The molecule has 6 N–H and O–H groups in total. The Bertz CT molecular complexity index is 1240. The summed E-state index contributed by atoms with van der Waals surface area (Å²) in [6, 6.07) is 14.5. The van der Waals surface area contributed by atoms with Crippen LogP contribution in [-0.4, -0.2) is 32.2 Å². The van der Waals surface area contributed by atoms with Gasteiger partial charge in [-0.15, -0.1) is 20.4 Å². The number of aryl methyl sites for hydroxylation is 2. The lowest BCUT2D eigenvalue weighted by atomic mass is 10.1. The Morgan fingerprint density at radius 2 is 1.14 bits per heavy atom. The van der Waals surface area contributed by atoms with Crippen LogP contribution < -0.4 is 22.1 Å². The standard InChI is InChI=1S/C24H26N8O2S2/c25-17-7-3-5-15(11-17)13-19(33)27-23-31-29-21(35-23)9-1-2-10-22-30-32-24(36-22)28-20(34)14-16-6-4-8-18(26)12-16/h3-8,11-12H,1-2,9-10,13-14,25-26H2,(H,27,31,33)(H,28,32,34). The molecule has 2 aromatic carbocycles. The van der Waals surface area contributed by atoms with Gasteiger partial charge < -0.3 is 22.1 Å². The number of carbonyl (C=O) groups excluding carboxylic acids is 2. The lowest BCUT2D eigenvalue weighted by molar-refractivity contribution is -0.116. The molecule has 0 bridgehead atoms. The van der Waals surface area contributed by atoms with Crippen LogP contribution in [0.2, 0.25) is 0 Å². The van der Waals surface area contributed by atoms with Crippen molar-refractivity contribution in [1.82, 2.24) is 20.4 Å². The molecule has 0 fully saturated rings. The van der Waals surface area contributed by atoms with Crippen molar-refractivity contribution in [3.8, 4) is 0 Å². The molecule has 2 heterocycles. The van der Waals surface area contributed by atoms with Crippen LogP contribution in [0.3, 0.4) is 0 Å². The zero-order valence-electron chi connectivity index (χ0n) is 19.4. The molecule has 186 valence electrons. The number of hydrogen-bond donors (Lipinski definition) is 4. The number of unbranched alkanes of at least 4 members (excludes halogenated alkanes) is 1. The largest absolute Gasteiger partial charge is 0.399 e. The lowest BCUT2D eigenvalue weighted by Crippen LogP contribution is -2.14. The number of benzene rings is 2. The highest BCUT2D eigenvalue weighted by Crippen LogP contribution is 2.21. The molecule has 0 unspecified atom stereocenters. The van der Waals surface area contributed by atoms with Crippen molar-refractivity contribution in [2.45, 2.75) is 38.5 Å². The van der Waals surface area contributed by atoms with Gasteiger partial charge in [0.25, 0.3) is 0 Å². The Kier molecular flexibility index (Phi) is 8.53. The van der Waals surface area contributed by atoms with E-state index in [0.29, 0.717) is 21.6 Å². The molecule has 0 radical (unpaired) electrons. The monoisotopic (exact) mass is 522 g/mol. The molecular formula is C24H26N8O2S2. The van der Waals surface area contributed by atoms with Gasteiger partial charge in [-0.25, -0.2) is 0 Å². The molecule has 0 atom stereocenters. The number of amides is 2. The van der Waals surface area contributed by atoms with E-state index in [0.717, 1.165) is 46.8 Å². The summed E-state index contributed by atoms with van der Waals surface area (Å²) in [4.78, 5) is 24.5. The molecule has 0 aliphatic rings. The summed E-state index contributed by atoms with van der Waals surface area (Å²) in [5, 5.41) is 24.7. The quantitative estimate of drug-likeness (QED) is 0.172. The molecule has 0 aliphatic carbocycles. The molecule has 4 rings (SSSR count). The highest BCUT2D eigenvalue weighted by molar-refractivity contribution is 7.15. The molecule has 4 aromatic rings. The summed E-state index contributed by atoms with van der Waals surface area (Å²) in [5.74, 6) is -0.314. The summed E-state index contributed by atoms with van der Waals surface area (Å²) in [7, 11) is 0. The first-order chi connectivity index (χ1) is 17.4. The maximum atomic E-state index is 12.2. The maximum absolute atomic E-state index is 12.2. The minimum Gasteiger partial charge on any atom is -0.399 e. The highest BCUT2D eigenvalue weighted by atomic mass is 32.1. The van der Waals surface area contributed by atoms with Gasteiger partial charge in [-0.05, 0) is 48.2 Å². The highest BCUT2D eigenvalue weighted by Gasteiger charge is 2.11. The number of aromatic nitrogens is 4. The topological polar surface area (TPSA) is 162 Å². The first-order valence-electron chi connectivity index (χ1n) is 11.4. The van der Waals surface area contributed by atoms with E-state index < -0.39 is 0 Å². The van der Waals surface area contributed by atoms with Crippen LogP contribution >= 0.6 is 22.7 Å². The first kappa shape index (κ1) is 25.2. The molecule has 0 saturated carbocycles. The normalized spacial score (nSPS) is 10.8. The average Bonchev–Trinajstić information content (AvgIpc) is 3.46. The van der Waals surface area contributed by atoms with Crippen LogP contribution in [-0.2, 0) is 35.3 Å². The predicted octanol–water partition coefficient (Wildman–Crippen LogP) is 3.48. The van der Waals surface area contributed by atoms with Crippen LogP contribution in [0.15, 0.2) is 48.5 Å². The van der Waals surface area contributed by atoms with Gasteiger partial charge in [0.15, 0.2) is 0 Å². The summed E-state index contributed by atoms with van der Waals surface area (Å²) in [6.07, 6.45) is 3.75. The Hall–Kier alpha value is -3.90. The van der Waals surface area contributed by atoms with E-state index in [4.69, 9.17) is 11.5 Å². The Morgan fingerprint density at radius 3 is 1.56 bits per heavy atom. The Labute approximate surface area is 216 Å². The van der Waals surface area contributed by atoms with Crippen molar-refractivity contribution >= 4 is 56.1 Å². The maximum Gasteiger partial charge on any atom is 0.230 e. The SMILES string of the molecule is Nc1cccc(CC(=O)Nc2nnc(CCCCc3nnc(NC(=O)Cc4cccc(N)c4)s3)s2)c1. The fraction of sp³-hybridized carbons (Fsp3) is 0.250. The minimum atomic E-state index is -0.157. The fourth-order valence-corrected chi connectivity index (χ4v) is 5.06. The minimum absolute atomic E-state index is 0.157. The Morgan fingerprint density at radius 1 is 0.694 bits per heavy atom. The third-order valence-electron chi connectivity index (χ3n) is 5.09. The van der Waals surface area contributed by atoms with Crippen LogP contribution in [0, 0.1) is 0 Å². The van der Waals surface area contributed by atoms with Gasteiger partial charge in [-0.3, -0.25) is 9.59 Å². The van der Waals surface area contributed by atoms with Crippen molar-refractivity contribution in [2.75, 3.05) is 22.1 Å². The molecule has 2 aromatic heterocycles. The van der Waals surface area contributed by atoms with E-state index in [-0.39, 0.29) is 24.7 Å². The van der Waals surface area contributed by atoms with Crippen molar-refractivity contribution in [1.29, 1.82) is 0 Å². The summed E-state index contributed by atoms with van der Waals surface area (Å²) in [5.41, 5.74) is 14.5. The molecule has 0 saturated heterocycles. The van der Waals surface area contributed by atoms with E-state index in [1.807, 2.05) is 24.3 Å². The van der Waals surface area contributed by atoms with Gasteiger partial charge in [0.2, 0.25) is 22.1 Å². The van der Waals surface area contributed by atoms with Gasteiger partial charge in [0.05, 0.1) is 12.8 Å². The second-order valence-corrected chi connectivity index (χ2v) is 10.3. The number of hydrogen-bond acceptors (Lipinski definition) is 10. The van der Waals surface area contributed by atoms with Crippen LogP contribution in [0.5, 0.6) is 0 Å². The van der Waals surface area contributed by atoms with Gasteiger partial charge in [0.1, 0.15) is 10.0 Å². The fourth-order valence-electron chi connectivity index (χ4n) is 3.47. The zero-order chi connectivity index (χ0) is 25.3.